The molecule has 0 aliphatic rings. The van der Waals surface area contributed by atoms with E-state index in [1.54, 1.807) is 0 Å². The number of hydrogen-bond donors (Lipinski definition) is 2. The standard InChI is InChI=1S/C12H10BrN3O2/c1-7-2-3-8(4-9(7)13)16-11-5-10(12(17)18)14-6-15-11/h2-6H,1H3,(H,17,18)(H,14,15,16). The Morgan fingerprint density at radius 1 is 1.33 bits per heavy atom. The van der Waals surface area contributed by atoms with Gasteiger partial charge in [-0.2, -0.15) is 0 Å². The monoisotopic (exact) mass is 307 g/mol. The Hall–Kier alpha value is -1.95. The SMILES string of the molecule is Cc1ccc(Nc2cc(C(=O)O)ncn2)cc1Br. The normalized spacial score (nSPS) is 10.1. The lowest BCUT2D eigenvalue weighted by atomic mass is 10.2. The average molecular weight is 308 g/mol. The molecule has 1 aromatic carbocycles. The zero-order valence-corrected chi connectivity index (χ0v) is 11.1. The number of aromatic nitrogens is 2. The van der Waals surface area contributed by atoms with Crippen LogP contribution >= 0.6 is 15.9 Å². The highest BCUT2D eigenvalue weighted by atomic mass is 79.9. The fraction of sp³-hybridized carbons (Fsp3) is 0.0833. The van der Waals surface area contributed by atoms with Gasteiger partial charge in [0.05, 0.1) is 0 Å². The number of nitrogens with one attached hydrogen (secondary N) is 1. The molecular weight excluding hydrogens is 298 g/mol. The molecule has 1 heterocycles. The molecule has 0 unspecified atom stereocenters. The first-order valence-corrected chi connectivity index (χ1v) is 5.94. The molecule has 2 aromatic rings. The summed E-state index contributed by atoms with van der Waals surface area (Å²) in [5.41, 5.74) is 1.90. The molecule has 2 N–H and O–H groups in total. The van der Waals surface area contributed by atoms with Gasteiger partial charge >= 0.3 is 5.97 Å². The molecule has 0 amide bonds. The van der Waals surface area contributed by atoms with Crippen molar-refractivity contribution in [3.8, 4) is 0 Å². The topological polar surface area (TPSA) is 75.1 Å². The van der Waals surface area contributed by atoms with Gasteiger partial charge in [0.2, 0.25) is 0 Å². The lowest BCUT2D eigenvalue weighted by Gasteiger charge is -2.07. The van der Waals surface area contributed by atoms with Crippen molar-refractivity contribution >= 4 is 33.4 Å². The van der Waals surface area contributed by atoms with E-state index >= 15 is 0 Å². The number of aromatic carboxylic acids is 1. The van der Waals surface area contributed by atoms with E-state index in [1.807, 2.05) is 25.1 Å². The maximum atomic E-state index is 10.8. The summed E-state index contributed by atoms with van der Waals surface area (Å²) in [5.74, 6) is -0.635. The predicted molar refractivity (Wildman–Crippen MR) is 71.2 cm³/mol. The number of carboxylic acid groups (broad SMARTS) is 1. The first-order valence-electron chi connectivity index (χ1n) is 5.15. The third kappa shape index (κ3) is 2.84. The first kappa shape index (κ1) is 12.5. The van der Waals surface area contributed by atoms with E-state index in [9.17, 15) is 4.79 Å². The number of rotatable bonds is 3. The fourth-order valence-corrected chi connectivity index (χ4v) is 1.74. The van der Waals surface area contributed by atoms with Crippen LogP contribution in [0.25, 0.3) is 0 Å². The zero-order chi connectivity index (χ0) is 13.1. The minimum Gasteiger partial charge on any atom is -0.477 e. The van der Waals surface area contributed by atoms with Gasteiger partial charge in [0.15, 0.2) is 5.69 Å². The number of anilines is 2. The highest BCUT2D eigenvalue weighted by molar-refractivity contribution is 9.10. The number of carboxylic acids is 1. The number of carbonyl (C=O) groups is 1. The molecule has 1 aromatic heterocycles. The van der Waals surface area contributed by atoms with Crippen molar-refractivity contribution in [3.05, 3.63) is 46.3 Å². The second-order valence-corrected chi connectivity index (χ2v) is 4.54. The van der Waals surface area contributed by atoms with E-state index in [1.165, 1.54) is 12.4 Å². The smallest absolute Gasteiger partial charge is 0.354 e. The van der Waals surface area contributed by atoms with E-state index in [0.29, 0.717) is 5.82 Å². The van der Waals surface area contributed by atoms with Crippen molar-refractivity contribution in [1.82, 2.24) is 9.97 Å². The third-order valence-corrected chi connectivity index (χ3v) is 3.18. The van der Waals surface area contributed by atoms with Gasteiger partial charge in [-0.05, 0) is 24.6 Å². The summed E-state index contributed by atoms with van der Waals surface area (Å²) in [7, 11) is 0. The van der Waals surface area contributed by atoms with Crippen molar-refractivity contribution in [2.45, 2.75) is 6.92 Å². The van der Waals surface area contributed by atoms with Crippen molar-refractivity contribution in [2.24, 2.45) is 0 Å². The lowest BCUT2D eigenvalue weighted by molar-refractivity contribution is 0.0690. The van der Waals surface area contributed by atoms with Gasteiger partial charge in [-0.25, -0.2) is 14.8 Å². The third-order valence-electron chi connectivity index (χ3n) is 2.33. The van der Waals surface area contributed by atoms with Crippen LogP contribution in [0.2, 0.25) is 0 Å². The van der Waals surface area contributed by atoms with Crippen molar-refractivity contribution < 1.29 is 9.90 Å². The Morgan fingerprint density at radius 2 is 2.11 bits per heavy atom. The van der Waals surface area contributed by atoms with E-state index in [0.717, 1.165) is 15.7 Å². The molecule has 2 rings (SSSR count). The second-order valence-electron chi connectivity index (χ2n) is 3.68. The van der Waals surface area contributed by atoms with Gasteiger partial charge in [0.25, 0.3) is 0 Å². The molecule has 0 bridgehead atoms. The van der Waals surface area contributed by atoms with Gasteiger partial charge < -0.3 is 10.4 Å². The van der Waals surface area contributed by atoms with Crippen LogP contribution in [0.4, 0.5) is 11.5 Å². The molecule has 0 aliphatic carbocycles. The maximum absolute atomic E-state index is 10.8. The Kier molecular flexibility index (Phi) is 3.57. The molecule has 0 spiro atoms. The molecule has 0 radical (unpaired) electrons. The summed E-state index contributed by atoms with van der Waals surface area (Å²) < 4.78 is 0.972. The first-order chi connectivity index (χ1) is 8.56. The number of hydrogen-bond acceptors (Lipinski definition) is 4. The molecule has 0 saturated heterocycles. The summed E-state index contributed by atoms with van der Waals surface area (Å²) in [6.07, 6.45) is 1.22. The maximum Gasteiger partial charge on any atom is 0.354 e. The largest absolute Gasteiger partial charge is 0.477 e. The van der Waals surface area contributed by atoms with Crippen LogP contribution in [-0.2, 0) is 0 Å². The summed E-state index contributed by atoms with van der Waals surface area (Å²) in [4.78, 5) is 18.4. The number of nitrogens with zero attached hydrogens (tertiary/aromatic N) is 2. The van der Waals surface area contributed by atoms with E-state index in [-0.39, 0.29) is 5.69 Å². The Bertz CT molecular complexity index is 602. The minimum absolute atomic E-state index is 0.0429. The van der Waals surface area contributed by atoms with Gasteiger partial charge in [-0.1, -0.05) is 22.0 Å². The van der Waals surface area contributed by atoms with E-state index in [4.69, 9.17) is 5.11 Å². The van der Waals surface area contributed by atoms with Crippen LogP contribution < -0.4 is 5.32 Å². The predicted octanol–water partition coefficient (Wildman–Crippen LogP) is 2.99. The van der Waals surface area contributed by atoms with Crippen LogP contribution in [0.1, 0.15) is 16.1 Å². The van der Waals surface area contributed by atoms with Crippen molar-refractivity contribution in [1.29, 1.82) is 0 Å². The number of benzene rings is 1. The van der Waals surface area contributed by atoms with Crippen LogP contribution in [0.3, 0.4) is 0 Å². The summed E-state index contributed by atoms with van der Waals surface area (Å²) in [5, 5.41) is 11.9. The summed E-state index contributed by atoms with van der Waals surface area (Å²) in [6, 6.07) is 7.13. The highest BCUT2D eigenvalue weighted by Crippen LogP contribution is 2.22. The fourth-order valence-electron chi connectivity index (χ4n) is 1.36. The molecule has 6 heteroatoms. The van der Waals surface area contributed by atoms with Gasteiger partial charge in [0, 0.05) is 16.2 Å². The minimum atomic E-state index is -1.08. The number of aryl methyl sites for hydroxylation is 1. The van der Waals surface area contributed by atoms with E-state index < -0.39 is 5.97 Å². The Morgan fingerprint density at radius 3 is 2.78 bits per heavy atom. The van der Waals surface area contributed by atoms with Gasteiger partial charge in [-0.15, -0.1) is 0 Å². The summed E-state index contributed by atoms with van der Waals surface area (Å²) in [6.45, 7) is 1.99. The van der Waals surface area contributed by atoms with Crippen LogP contribution in [0.15, 0.2) is 35.1 Å². The lowest BCUT2D eigenvalue weighted by Crippen LogP contribution is -2.03. The zero-order valence-electron chi connectivity index (χ0n) is 9.51. The van der Waals surface area contributed by atoms with Crippen molar-refractivity contribution in [3.63, 3.8) is 0 Å². The molecule has 0 saturated carbocycles. The van der Waals surface area contributed by atoms with Crippen LogP contribution in [-0.4, -0.2) is 21.0 Å². The van der Waals surface area contributed by atoms with E-state index in [2.05, 4.69) is 31.2 Å². The van der Waals surface area contributed by atoms with Gasteiger partial charge in [-0.3, -0.25) is 0 Å². The molecule has 0 fully saturated rings. The molecule has 5 nitrogen and oxygen atoms in total. The molecule has 0 atom stereocenters. The van der Waals surface area contributed by atoms with Crippen molar-refractivity contribution in [2.75, 3.05) is 5.32 Å². The molecule has 92 valence electrons. The Labute approximate surface area is 112 Å². The molecular formula is C12H10BrN3O2. The molecule has 18 heavy (non-hydrogen) atoms. The average Bonchev–Trinajstić information content (AvgIpc) is 2.34. The summed E-state index contributed by atoms with van der Waals surface area (Å²) >= 11 is 3.43. The number of halogens is 1. The highest BCUT2D eigenvalue weighted by Gasteiger charge is 2.06. The van der Waals surface area contributed by atoms with Crippen LogP contribution in [0.5, 0.6) is 0 Å². The quantitative estimate of drug-likeness (QED) is 0.911. The van der Waals surface area contributed by atoms with Gasteiger partial charge in [0.1, 0.15) is 12.1 Å². The molecule has 0 aliphatic heterocycles. The van der Waals surface area contributed by atoms with Crippen LogP contribution in [0, 0.1) is 6.92 Å². The second kappa shape index (κ2) is 5.14. The Balaban J connectivity index is 2.25.